The molecule has 12 heteroatoms. The zero-order chi connectivity index (χ0) is 26.7. The number of aryl methyl sites for hydroxylation is 1. The molecule has 12 nitrogen and oxygen atoms in total. The molecule has 1 atom stereocenters. The first-order valence-electron chi connectivity index (χ1n) is 11.3. The number of aromatic nitrogens is 2. The number of imidazole rings is 1. The Hall–Kier alpha value is -3.48. The molecule has 1 fully saturated rings. The first kappa shape index (κ1) is 28.8. The number of aliphatic hydroxyl groups is 1. The monoisotopic (exact) mass is 507 g/mol. The minimum Gasteiger partial charge on any atom is -0.497 e. The van der Waals surface area contributed by atoms with Gasteiger partial charge in [-0.2, -0.15) is 0 Å². The average molecular weight is 508 g/mol. The standard InChI is InChI=1S/C18H25N3O2.C6H8O7/c1-20-14-19-10-16(20)12-21(13-18-4-3-9-23-18)11-15-5-7-17(22-2)8-6-15;7-3(8)1-6(13,5(11)12)2-4(9)10/h5-8,10,14,18H,3-4,9,11-13H2,1-2H3;13H,1-2H2,(H,7,8)(H,9,10)(H,11,12). The van der Waals surface area contributed by atoms with Crippen LogP contribution in [0.25, 0.3) is 0 Å². The Morgan fingerprint density at radius 2 is 1.78 bits per heavy atom. The largest absolute Gasteiger partial charge is 0.497 e. The van der Waals surface area contributed by atoms with Crippen LogP contribution in [0.1, 0.15) is 36.9 Å². The first-order chi connectivity index (χ1) is 17.0. The molecular weight excluding hydrogens is 474 g/mol. The SMILES string of the molecule is COc1ccc(CN(Cc2cncn2C)CC2CCCO2)cc1.O=C(O)CC(O)(CC(=O)O)C(=O)O. The molecule has 0 amide bonds. The maximum atomic E-state index is 10.3. The summed E-state index contributed by atoms with van der Waals surface area (Å²) in [5.74, 6) is -4.12. The molecule has 1 unspecified atom stereocenters. The second-order valence-electron chi connectivity index (χ2n) is 8.63. The summed E-state index contributed by atoms with van der Waals surface area (Å²) in [6, 6.07) is 8.29. The van der Waals surface area contributed by atoms with Crippen LogP contribution in [0.5, 0.6) is 5.75 Å². The third-order valence-corrected chi connectivity index (χ3v) is 5.64. The van der Waals surface area contributed by atoms with Gasteiger partial charge in [-0.25, -0.2) is 9.78 Å². The van der Waals surface area contributed by atoms with Crippen molar-refractivity contribution in [3.8, 4) is 5.75 Å². The zero-order valence-corrected chi connectivity index (χ0v) is 20.4. The van der Waals surface area contributed by atoms with Gasteiger partial charge in [0.25, 0.3) is 0 Å². The van der Waals surface area contributed by atoms with Gasteiger partial charge in [0.1, 0.15) is 5.75 Å². The highest BCUT2D eigenvalue weighted by molar-refractivity contribution is 5.88. The van der Waals surface area contributed by atoms with Crippen LogP contribution in [0, 0.1) is 0 Å². The van der Waals surface area contributed by atoms with Crippen LogP contribution in [0.15, 0.2) is 36.8 Å². The van der Waals surface area contributed by atoms with E-state index in [0.29, 0.717) is 6.10 Å². The Morgan fingerprint density at radius 1 is 1.14 bits per heavy atom. The van der Waals surface area contributed by atoms with Gasteiger partial charge < -0.3 is 34.5 Å². The molecule has 0 saturated carbocycles. The molecule has 1 aromatic carbocycles. The lowest BCUT2D eigenvalue weighted by Crippen LogP contribution is -2.42. The summed E-state index contributed by atoms with van der Waals surface area (Å²) in [6.07, 6.45) is 4.19. The second-order valence-corrected chi connectivity index (χ2v) is 8.63. The van der Waals surface area contributed by atoms with Gasteiger partial charge in [0.2, 0.25) is 0 Å². The second kappa shape index (κ2) is 13.6. The fourth-order valence-electron chi connectivity index (χ4n) is 3.73. The quantitative estimate of drug-likeness (QED) is 0.327. The third kappa shape index (κ3) is 9.29. The van der Waals surface area contributed by atoms with Crippen molar-refractivity contribution in [2.24, 2.45) is 7.05 Å². The molecule has 36 heavy (non-hydrogen) atoms. The summed E-state index contributed by atoms with van der Waals surface area (Å²) in [5.41, 5.74) is -0.236. The maximum Gasteiger partial charge on any atom is 0.336 e. The summed E-state index contributed by atoms with van der Waals surface area (Å²) >= 11 is 0. The predicted octanol–water partition coefficient (Wildman–Crippen LogP) is 1.36. The van der Waals surface area contributed by atoms with Gasteiger partial charge in [0.05, 0.1) is 38.1 Å². The molecule has 2 heterocycles. The van der Waals surface area contributed by atoms with Crippen molar-refractivity contribution < 1.29 is 44.3 Å². The van der Waals surface area contributed by atoms with Crippen LogP contribution in [-0.4, -0.2) is 84.8 Å². The summed E-state index contributed by atoms with van der Waals surface area (Å²) in [7, 11) is 3.74. The van der Waals surface area contributed by atoms with Crippen molar-refractivity contribution in [3.05, 3.63) is 48.0 Å². The van der Waals surface area contributed by atoms with Crippen LogP contribution in [0.4, 0.5) is 0 Å². The molecule has 4 N–H and O–H groups in total. The number of aliphatic carboxylic acids is 3. The Bertz CT molecular complexity index is 985. The fraction of sp³-hybridized carbons (Fsp3) is 0.500. The molecule has 2 aromatic rings. The van der Waals surface area contributed by atoms with Gasteiger partial charge >= 0.3 is 17.9 Å². The lowest BCUT2D eigenvalue weighted by molar-refractivity contribution is -0.170. The van der Waals surface area contributed by atoms with Gasteiger partial charge in [-0.15, -0.1) is 0 Å². The van der Waals surface area contributed by atoms with Gasteiger partial charge in [-0.3, -0.25) is 14.5 Å². The minimum absolute atomic E-state index is 0.349. The van der Waals surface area contributed by atoms with E-state index < -0.39 is 36.4 Å². The van der Waals surface area contributed by atoms with Crippen LogP contribution < -0.4 is 4.74 Å². The van der Waals surface area contributed by atoms with E-state index in [0.717, 1.165) is 38.4 Å². The molecule has 1 aliphatic rings. The van der Waals surface area contributed by atoms with Gasteiger partial charge in [-0.1, -0.05) is 12.1 Å². The molecule has 1 aliphatic heterocycles. The predicted molar refractivity (Wildman–Crippen MR) is 126 cm³/mol. The summed E-state index contributed by atoms with van der Waals surface area (Å²) < 4.78 is 13.1. The van der Waals surface area contributed by atoms with Crippen molar-refractivity contribution in [2.45, 2.75) is 50.5 Å². The molecule has 0 aliphatic carbocycles. The zero-order valence-electron chi connectivity index (χ0n) is 20.4. The molecule has 1 aromatic heterocycles. The number of methoxy groups -OCH3 is 1. The van der Waals surface area contributed by atoms with E-state index >= 15 is 0 Å². The Labute approximate surface area is 208 Å². The van der Waals surface area contributed by atoms with E-state index in [9.17, 15) is 14.4 Å². The van der Waals surface area contributed by atoms with Crippen molar-refractivity contribution in [3.63, 3.8) is 0 Å². The van der Waals surface area contributed by atoms with Gasteiger partial charge in [0.15, 0.2) is 5.60 Å². The molecule has 1 saturated heterocycles. The van der Waals surface area contributed by atoms with Crippen LogP contribution in [0.2, 0.25) is 0 Å². The fourth-order valence-corrected chi connectivity index (χ4v) is 3.73. The number of ether oxygens (including phenoxy) is 2. The van der Waals surface area contributed by atoms with E-state index in [1.165, 1.54) is 17.7 Å². The molecule has 0 bridgehead atoms. The topological polar surface area (TPSA) is 172 Å². The smallest absolute Gasteiger partial charge is 0.336 e. The van der Waals surface area contributed by atoms with E-state index in [-0.39, 0.29) is 0 Å². The van der Waals surface area contributed by atoms with Crippen molar-refractivity contribution in [1.82, 2.24) is 14.5 Å². The third-order valence-electron chi connectivity index (χ3n) is 5.64. The van der Waals surface area contributed by atoms with E-state index in [1.54, 1.807) is 7.11 Å². The number of carboxylic acids is 3. The van der Waals surface area contributed by atoms with Crippen LogP contribution in [0.3, 0.4) is 0 Å². The molecule has 0 spiro atoms. The van der Waals surface area contributed by atoms with E-state index in [4.69, 9.17) is 29.9 Å². The minimum atomic E-state index is -2.74. The Kier molecular flexibility index (Phi) is 10.8. The van der Waals surface area contributed by atoms with Crippen molar-refractivity contribution in [1.29, 1.82) is 0 Å². The number of rotatable bonds is 12. The number of benzene rings is 1. The average Bonchev–Trinajstić information content (AvgIpc) is 3.45. The Morgan fingerprint density at radius 3 is 2.22 bits per heavy atom. The van der Waals surface area contributed by atoms with Crippen molar-refractivity contribution >= 4 is 17.9 Å². The normalized spacial score (nSPS) is 15.3. The van der Waals surface area contributed by atoms with Crippen LogP contribution >= 0.6 is 0 Å². The molecular formula is C24H33N3O9. The molecule has 0 radical (unpaired) electrons. The molecule has 3 rings (SSSR count). The van der Waals surface area contributed by atoms with Crippen molar-refractivity contribution in [2.75, 3.05) is 20.3 Å². The molecule has 198 valence electrons. The summed E-state index contributed by atoms with van der Waals surface area (Å²) in [5, 5.41) is 33.8. The summed E-state index contributed by atoms with van der Waals surface area (Å²) in [6.45, 7) is 3.63. The summed E-state index contributed by atoms with van der Waals surface area (Å²) in [4.78, 5) is 37.1. The lowest BCUT2D eigenvalue weighted by atomic mass is 9.96. The maximum absolute atomic E-state index is 10.3. The van der Waals surface area contributed by atoms with E-state index in [1.807, 2.05) is 31.7 Å². The highest BCUT2D eigenvalue weighted by Gasteiger charge is 2.40. The number of carboxylic acid groups (broad SMARTS) is 3. The number of hydrogen-bond acceptors (Lipinski definition) is 8. The lowest BCUT2D eigenvalue weighted by Gasteiger charge is -2.25. The highest BCUT2D eigenvalue weighted by Crippen LogP contribution is 2.19. The number of hydrogen-bond donors (Lipinski definition) is 4. The van der Waals surface area contributed by atoms with Gasteiger partial charge in [0, 0.05) is 39.5 Å². The highest BCUT2D eigenvalue weighted by atomic mass is 16.5. The van der Waals surface area contributed by atoms with E-state index in [2.05, 4.69) is 26.6 Å². The first-order valence-corrected chi connectivity index (χ1v) is 11.3. The number of nitrogens with zero attached hydrogens (tertiary/aromatic N) is 3. The van der Waals surface area contributed by atoms with Crippen LogP contribution in [-0.2, 0) is 39.3 Å². The number of carbonyl (C=O) groups is 3. The van der Waals surface area contributed by atoms with Gasteiger partial charge in [-0.05, 0) is 30.5 Å². The Balaban J connectivity index is 0.000000302.